The largest absolute Gasteiger partial charge is 0.493 e. The van der Waals surface area contributed by atoms with Crippen LogP contribution in [0.2, 0.25) is 0 Å². The smallest absolute Gasteiger partial charge is 0.432 e. The Morgan fingerprint density at radius 1 is 0.927 bits per heavy atom. The Hall–Kier alpha value is -3.80. The molecule has 0 radical (unpaired) electrons. The number of benzene rings is 3. The normalized spacial score (nSPS) is 19.4. The molecule has 0 fully saturated rings. The van der Waals surface area contributed by atoms with Gasteiger partial charge in [-0.25, -0.2) is 4.79 Å². The number of hydrogen-bond donors (Lipinski definition) is 2. The van der Waals surface area contributed by atoms with Crippen LogP contribution in [-0.2, 0) is 15.1 Å². The second-order valence-corrected chi connectivity index (χ2v) is 9.70. The Morgan fingerprint density at radius 3 is 2.15 bits per heavy atom. The highest BCUT2D eigenvalue weighted by Gasteiger charge is 2.64. The fourth-order valence-electron chi connectivity index (χ4n) is 4.96. The highest BCUT2D eigenvalue weighted by atomic mass is 19.4. The first-order chi connectivity index (χ1) is 19.4. The van der Waals surface area contributed by atoms with E-state index in [-0.39, 0.29) is 17.4 Å². The van der Waals surface area contributed by atoms with Crippen LogP contribution in [0.25, 0.3) is 0 Å². The van der Waals surface area contributed by atoms with Gasteiger partial charge in [-0.1, -0.05) is 43.3 Å². The van der Waals surface area contributed by atoms with Crippen LogP contribution in [0.1, 0.15) is 54.2 Å². The van der Waals surface area contributed by atoms with E-state index in [1.165, 1.54) is 51.5 Å². The van der Waals surface area contributed by atoms with Crippen LogP contribution in [0, 0.1) is 0 Å². The molecular weight excluding hydrogens is 545 g/mol. The van der Waals surface area contributed by atoms with Crippen LogP contribution >= 0.6 is 0 Å². The molecule has 4 rings (SSSR count). The van der Waals surface area contributed by atoms with E-state index >= 15 is 0 Å². The van der Waals surface area contributed by atoms with Crippen molar-refractivity contribution in [3.8, 4) is 23.0 Å². The van der Waals surface area contributed by atoms with Gasteiger partial charge in [-0.3, -0.25) is 0 Å². The van der Waals surface area contributed by atoms with Gasteiger partial charge >= 0.3 is 12.1 Å². The maximum atomic E-state index is 14.3. The summed E-state index contributed by atoms with van der Waals surface area (Å²) in [5, 5.41) is 20.3. The maximum Gasteiger partial charge on any atom is 0.432 e. The molecule has 0 spiro atoms. The second-order valence-electron chi connectivity index (χ2n) is 9.70. The van der Waals surface area contributed by atoms with Crippen LogP contribution in [-0.4, -0.2) is 49.8 Å². The van der Waals surface area contributed by atoms with E-state index in [2.05, 4.69) is 0 Å². The molecule has 41 heavy (non-hydrogen) atoms. The summed E-state index contributed by atoms with van der Waals surface area (Å²) < 4.78 is 70.1. The van der Waals surface area contributed by atoms with Crippen LogP contribution in [0.3, 0.4) is 0 Å². The van der Waals surface area contributed by atoms with Crippen molar-refractivity contribution in [2.24, 2.45) is 0 Å². The van der Waals surface area contributed by atoms with E-state index in [0.29, 0.717) is 22.6 Å². The number of hydrogen-bond acceptors (Lipinski definition) is 8. The number of fused-ring (bicyclic) bond motifs is 1. The van der Waals surface area contributed by atoms with Crippen LogP contribution < -0.4 is 18.9 Å². The van der Waals surface area contributed by atoms with Crippen molar-refractivity contribution < 1.29 is 51.9 Å². The average molecular weight is 577 g/mol. The lowest BCUT2D eigenvalue weighted by Gasteiger charge is -2.32. The third kappa shape index (κ3) is 5.32. The average Bonchev–Trinajstić information content (AvgIpc) is 3.28. The molecule has 1 aliphatic heterocycles. The number of esters is 1. The molecule has 220 valence electrons. The predicted molar refractivity (Wildman–Crippen MR) is 141 cm³/mol. The van der Waals surface area contributed by atoms with Crippen LogP contribution in [0.5, 0.6) is 23.0 Å². The van der Waals surface area contributed by atoms with Gasteiger partial charge in [-0.15, -0.1) is 0 Å². The van der Waals surface area contributed by atoms with Crippen molar-refractivity contribution in [3.05, 3.63) is 82.9 Å². The first kappa shape index (κ1) is 30.2. The van der Waals surface area contributed by atoms with Crippen molar-refractivity contribution >= 4 is 5.97 Å². The van der Waals surface area contributed by atoms with Crippen molar-refractivity contribution in [1.29, 1.82) is 0 Å². The zero-order valence-corrected chi connectivity index (χ0v) is 23.1. The van der Waals surface area contributed by atoms with E-state index in [4.69, 9.17) is 23.7 Å². The molecule has 1 unspecified atom stereocenters. The van der Waals surface area contributed by atoms with Crippen LogP contribution in [0.15, 0.2) is 60.7 Å². The summed E-state index contributed by atoms with van der Waals surface area (Å²) in [5.74, 6) is -1.36. The molecular formula is C30H31F3O8. The molecule has 8 nitrogen and oxygen atoms in total. The SMILES string of the molecule is COc1cc([C@H]2Oc3c(OC)cc([C@@H](O)C(C)O)cc3[C@@H]2C)ccc1OC(=O)[C@@](OC)(c1ccccc1)C(F)(F)F. The second kappa shape index (κ2) is 11.6. The zero-order valence-electron chi connectivity index (χ0n) is 23.1. The van der Waals surface area contributed by atoms with Gasteiger partial charge in [0.1, 0.15) is 12.2 Å². The van der Waals surface area contributed by atoms with Gasteiger partial charge < -0.3 is 33.9 Å². The molecule has 11 heteroatoms. The van der Waals surface area contributed by atoms with Gasteiger partial charge in [-0.2, -0.15) is 13.2 Å². The molecule has 5 atom stereocenters. The van der Waals surface area contributed by atoms with E-state index in [9.17, 15) is 28.2 Å². The molecule has 3 aromatic rings. The lowest BCUT2D eigenvalue weighted by Crippen LogP contribution is -2.52. The van der Waals surface area contributed by atoms with Crippen molar-refractivity contribution in [1.82, 2.24) is 0 Å². The van der Waals surface area contributed by atoms with Gasteiger partial charge in [0.2, 0.25) is 0 Å². The molecule has 0 amide bonds. The van der Waals surface area contributed by atoms with Crippen molar-refractivity contribution in [2.75, 3.05) is 21.3 Å². The van der Waals surface area contributed by atoms with Gasteiger partial charge in [-0.05, 0) is 42.3 Å². The topological polar surface area (TPSA) is 104 Å². The standard InChI is InChI=1S/C30H31F3O8/c1-16-21-13-19(25(35)17(2)34)15-24(38-4)27(21)41-26(16)18-11-12-22(23(14-18)37-3)40-28(36)29(39-5,30(31,32)33)20-9-7-6-8-10-20/h6-17,25-26,34-35H,1-5H3/t16-,17?,25-,26-,29-/m0/s1. The summed E-state index contributed by atoms with van der Waals surface area (Å²) >= 11 is 0. The van der Waals surface area contributed by atoms with Gasteiger partial charge in [0, 0.05) is 24.2 Å². The maximum absolute atomic E-state index is 14.3. The number of ether oxygens (including phenoxy) is 5. The molecule has 2 N–H and O–H groups in total. The Labute approximate surface area is 235 Å². The molecule has 0 aromatic heterocycles. The molecule has 0 saturated heterocycles. The Kier molecular flexibility index (Phi) is 8.53. The minimum absolute atomic E-state index is 0.0000249. The Bertz CT molecular complexity index is 1390. The van der Waals surface area contributed by atoms with E-state index < -0.39 is 41.6 Å². The summed E-state index contributed by atoms with van der Waals surface area (Å²) in [5.41, 5.74) is -2.03. The minimum Gasteiger partial charge on any atom is -0.493 e. The third-order valence-corrected chi connectivity index (χ3v) is 7.21. The zero-order chi connectivity index (χ0) is 30.1. The summed E-state index contributed by atoms with van der Waals surface area (Å²) in [7, 11) is 3.54. The lowest BCUT2D eigenvalue weighted by atomic mass is 9.90. The summed E-state index contributed by atoms with van der Waals surface area (Å²) in [6.45, 7) is 3.37. The van der Waals surface area contributed by atoms with Gasteiger partial charge in [0.05, 0.1) is 20.3 Å². The van der Waals surface area contributed by atoms with Gasteiger partial charge in [0.25, 0.3) is 5.60 Å². The molecule has 3 aromatic carbocycles. The first-order valence-electron chi connectivity index (χ1n) is 12.7. The monoisotopic (exact) mass is 576 g/mol. The number of rotatable bonds is 9. The quantitative estimate of drug-likeness (QED) is 0.259. The number of aliphatic hydroxyl groups excluding tert-OH is 2. The van der Waals surface area contributed by atoms with Crippen molar-refractivity contribution in [2.45, 2.75) is 49.9 Å². The number of aliphatic hydroxyl groups is 2. The minimum atomic E-state index is -5.13. The van der Waals surface area contributed by atoms with Gasteiger partial charge in [0.15, 0.2) is 23.0 Å². The number of carbonyl (C=O) groups excluding carboxylic acids is 1. The number of methoxy groups -OCH3 is 3. The van der Waals surface area contributed by atoms with E-state index in [0.717, 1.165) is 24.8 Å². The van der Waals surface area contributed by atoms with E-state index in [1.54, 1.807) is 18.2 Å². The predicted octanol–water partition coefficient (Wildman–Crippen LogP) is 5.36. The highest BCUT2D eigenvalue weighted by molar-refractivity contribution is 5.85. The van der Waals surface area contributed by atoms with E-state index in [1.807, 2.05) is 6.92 Å². The molecule has 1 heterocycles. The van der Waals surface area contributed by atoms with Crippen molar-refractivity contribution in [3.63, 3.8) is 0 Å². The number of alkyl halides is 3. The summed E-state index contributed by atoms with van der Waals surface area (Å²) in [4.78, 5) is 13.1. The fraction of sp³-hybridized carbons (Fsp3) is 0.367. The highest BCUT2D eigenvalue weighted by Crippen LogP contribution is 2.52. The van der Waals surface area contributed by atoms with Crippen LogP contribution in [0.4, 0.5) is 13.2 Å². The number of carbonyl (C=O) groups is 1. The Balaban J connectivity index is 1.67. The summed E-state index contributed by atoms with van der Waals surface area (Å²) in [6, 6.07) is 14.2. The summed E-state index contributed by atoms with van der Waals surface area (Å²) in [6.07, 6.45) is -7.86. The number of halogens is 3. The first-order valence-corrected chi connectivity index (χ1v) is 12.7. The Morgan fingerprint density at radius 2 is 1.59 bits per heavy atom. The fourth-order valence-corrected chi connectivity index (χ4v) is 4.96. The molecule has 1 aliphatic rings. The molecule has 0 bridgehead atoms. The molecule has 0 saturated carbocycles. The molecule has 0 aliphatic carbocycles. The lowest BCUT2D eigenvalue weighted by molar-refractivity contribution is -0.272. The third-order valence-electron chi connectivity index (χ3n) is 7.21.